The molecule has 130 valence electrons. The normalized spacial score (nSPS) is 11.5. The summed E-state index contributed by atoms with van der Waals surface area (Å²) in [7, 11) is -3.76. The summed E-state index contributed by atoms with van der Waals surface area (Å²) in [6.07, 6.45) is 1.42. The van der Waals surface area contributed by atoms with Gasteiger partial charge in [-0.05, 0) is 54.8 Å². The van der Waals surface area contributed by atoms with Crippen molar-refractivity contribution >= 4 is 16.0 Å². The summed E-state index contributed by atoms with van der Waals surface area (Å²) in [5.74, 6) is -0.329. The second kappa shape index (κ2) is 6.64. The average molecular weight is 360 g/mol. The number of nitrogens with zero attached hydrogens (tertiary/aromatic N) is 3. The van der Waals surface area contributed by atoms with Crippen LogP contribution in [0.1, 0.15) is 16.7 Å². The van der Waals surface area contributed by atoms with Gasteiger partial charge in [0.2, 0.25) is 0 Å². The fourth-order valence-corrected chi connectivity index (χ4v) is 3.29. The molecule has 0 unspecified atom stereocenters. The number of hydrogen-bond acceptors (Lipinski definition) is 4. The summed E-state index contributed by atoms with van der Waals surface area (Å²) in [6, 6.07) is 10.9. The van der Waals surface area contributed by atoms with Crippen LogP contribution in [0.5, 0.6) is 0 Å². The van der Waals surface area contributed by atoms with E-state index in [0.29, 0.717) is 6.54 Å². The van der Waals surface area contributed by atoms with Crippen LogP contribution in [0.2, 0.25) is 0 Å². The zero-order valence-electron chi connectivity index (χ0n) is 13.8. The number of anilines is 1. The molecule has 0 spiro atoms. The van der Waals surface area contributed by atoms with E-state index in [4.69, 9.17) is 0 Å². The van der Waals surface area contributed by atoms with Crippen LogP contribution in [0.15, 0.2) is 53.7 Å². The van der Waals surface area contributed by atoms with Crippen molar-refractivity contribution in [1.29, 1.82) is 0 Å². The monoisotopic (exact) mass is 360 g/mol. The maximum Gasteiger partial charge on any atom is 0.264 e. The lowest BCUT2D eigenvalue weighted by atomic mass is 10.1. The van der Waals surface area contributed by atoms with Crippen molar-refractivity contribution in [3.05, 3.63) is 71.3 Å². The van der Waals surface area contributed by atoms with Gasteiger partial charge in [0, 0.05) is 0 Å². The Balaban J connectivity index is 1.75. The second-order valence-corrected chi connectivity index (χ2v) is 7.43. The molecule has 25 heavy (non-hydrogen) atoms. The topological polar surface area (TPSA) is 76.9 Å². The number of benzene rings is 2. The van der Waals surface area contributed by atoms with Gasteiger partial charge in [-0.15, -0.1) is 5.10 Å². The lowest BCUT2D eigenvalue weighted by molar-refractivity contribution is 0.600. The Hall–Kier alpha value is -2.74. The third-order valence-corrected chi connectivity index (χ3v) is 5.13. The van der Waals surface area contributed by atoms with Gasteiger partial charge in [0.05, 0.1) is 11.4 Å². The van der Waals surface area contributed by atoms with Gasteiger partial charge in [-0.3, -0.25) is 0 Å². The van der Waals surface area contributed by atoms with Crippen molar-refractivity contribution < 1.29 is 12.8 Å². The van der Waals surface area contributed by atoms with Crippen LogP contribution in [0.4, 0.5) is 10.3 Å². The highest BCUT2D eigenvalue weighted by molar-refractivity contribution is 7.92. The predicted octanol–water partition coefficient (Wildman–Crippen LogP) is 2.88. The van der Waals surface area contributed by atoms with E-state index in [9.17, 15) is 12.8 Å². The Bertz CT molecular complexity index is 998. The number of halogens is 1. The molecule has 8 heteroatoms. The van der Waals surface area contributed by atoms with Crippen molar-refractivity contribution in [1.82, 2.24) is 14.8 Å². The molecule has 6 nitrogen and oxygen atoms in total. The first-order valence-corrected chi connectivity index (χ1v) is 9.06. The number of aromatic nitrogens is 3. The van der Waals surface area contributed by atoms with Crippen LogP contribution in [0, 0.1) is 19.7 Å². The van der Waals surface area contributed by atoms with E-state index in [1.807, 2.05) is 13.8 Å². The molecule has 3 aromatic rings. The molecule has 1 N–H and O–H groups in total. The van der Waals surface area contributed by atoms with Crippen molar-refractivity contribution in [2.45, 2.75) is 25.3 Å². The number of sulfonamides is 1. The third-order valence-electron chi connectivity index (χ3n) is 3.81. The molecule has 2 aromatic carbocycles. The van der Waals surface area contributed by atoms with Crippen molar-refractivity contribution in [2.24, 2.45) is 0 Å². The molecule has 0 radical (unpaired) electrons. The van der Waals surface area contributed by atoms with E-state index in [1.54, 1.807) is 30.3 Å². The summed E-state index contributed by atoms with van der Waals surface area (Å²) in [4.78, 5) is 4.13. The Labute approximate surface area is 145 Å². The van der Waals surface area contributed by atoms with Crippen LogP contribution in [0.3, 0.4) is 0 Å². The highest BCUT2D eigenvalue weighted by atomic mass is 32.2. The molecule has 0 aliphatic rings. The standard InChI is InChI=1S/C17H17FN4O2S/c1-12-3-8-16(9-13(12)2)25(23,24)21-17-19-11-22(20-17)10-14-4-6-15(18)7-5-14/h3-9,11H,10H2,1-2H3,(H,20,21). The highest BCUT2D eigenvalue weighted by Crippen LogP contribution is 2.17. The fraction of sp³-hybridized carbons (Fsp3) is 0.176. The summed E-state index contributed by atoms with van der Waals surface area (Å²) < 4.78 is 41.6. The SMILES string of the molecule is Cc1ccc(S(=O)(=O)Nc2ncn(Cc3ccc(F)cc3)n2)cc1C. The van der Waals surface area contributed by atoms with Gasteiger partial charge >= 0.3 is 0 Å². The first-order chi connectivity index (χ1) is 11.8. The van der Waals surface area contributed by atoms with Crippen LogP contribution in [-0.4, -0.2) is 23.2 Å². The molecule has 3 rings (SSSR count). The lowest BCUT2D eigenvalue weighted by Gasteiger charge is -2.07. The number of hydrogen-bond donors (Lipinski definition) is 1. The molecule has 0 aliphatic carbocycles. The molecule has 0 saturated carbocycles. The van der Waals surface area contributed by atoms with E-state index < -0.39 is 10.0 Å². The van der Waals surface area contributed by atoms with Gasteiger partial charge in [-0.1, -0.05) is 18.2 Å². The van der Waals surface area contributed by atoms with E-state index in [2.05, 4.69) is 14.8 Å². The second-order valence-electron chi connectivity index (χ2n) is 5.74. The summed E-state index contributed by atoms with van der Waals surface area (Å²) in [5.41, 5.74) is 2.73. The zero-order valence-corrected chi connectivity index (χ0v) is 14.6. The zero-order chi connectivity index (χ0) is 18.0. The molecule has 0 saturated heterocycles. The van der Waals surface area contributed by atoms with Gasteiger partial charge < -0.3 is 0 Å². The quantitative estimate of drug-likeness (QED) is 0.759. The molecule has 0 aliphatic heterocycles. The predicted molar refractivity (Wildman–Crippen MR) is 92.2 cm³/mol. The fourth-order valence-electron chi connectivity index (χ4n) is 2.25. The van der Waals surface area contributed by atoms with Crippen molar-refractivity contribution in [3.8, 4) is 0 Å². The number of rotatable bonds is 5. The van der Waals surface area contributed by atoms with Gasteiger partial charge in [-0.25, -0.2) is 22.2 Å². The molecule has 1 heterocycles. The first-order valence-electron chi connectivity index (χ1n) is 7.57. The minimum absolute atomic E-state index is 0.0136. The minimum Gasteiger partial charge on any atom is -0.246 e. The summed E-state index contributed by atoms with van der Waals surface area (Å²) in [5, 5.41) is 4.10. The maximum absolute atomic E-state index is 12.9. The van der Waals surface area contributed by atoms with E-state index in [-0.39, 0.29) is 16.7 Å². The van der Waals surface area contributed by atoms with E-state index in [0.717, 1.165) is 16.7 Å². The van der Waals surface area contributed by atoms with Crippen LogP contribution < -0.4 is 4.72 Å². The maximum atomic E-state index is 12.9. The molecule has 0 atom stereocenters. The van der Waals surface area contributed by atoms with Crippen molar-refractivity contribution in [3.63, 3.8) is 0 Å². The largest absolute Gasteiger partial charge is 0.264 e. The van der Waals surface area contributed by atoms with Crippen molar-refractivity contribution in [2.75, 3.05) is 4.72 Å². The summed E-state index contributed by atoms with van der Waals surface area (Å²) >= 11 is 0. The average Bonchev–Trinajstić information content (AvgIpc) is 2.98. The van der Waals surface area contributed by atoms with Gasteiger partial charge in [0.25, 0.3) is 16.0 Å². The van der Waals surface area contributed by atoms with Gasteiger partial charge in [0.15, 0.2) is 0 Å². The van der Waals surface area contributed by atoms with Gasteiger partial charge in [-0.2, -0.15) is 4.98 Å². The first kappa shape index (κ1) is 17.1. The molecule has 1 aromatic heterocycles. The Morgan fingerprint density at radius 3 is 2.48 bits per heavy atom. The van der Waals surface area contributed by atoms with E-state index in [1.165, 1.54) is 23.1 Å². The van der Waals surface area contributed by atoms with Crippen LogP contribution >= 0.6 is 0 Å². The molecular formula is C17H17FN4O2S. The van der Waals surface area contributed by atoms with E-state index >= 15 is 0 Å². The Morgan fingerprint density at radius 1 is 1.08 bits per heavy atom. The smallest absolute Gasteiger partial charge is 0.246 e. The summed E-state index contributed by atoms with van der Waals surface area (Å²) in [6.45, 7) is 4.13. The molecule has 0 fully saturated rings. The highest BCUT2D eigenvalue weighted by Gasteiger charge is 2.17. The van der Waals surface area contributed by atoms with Gasteiger partial charge in [0.1, 0.15) is 12.1 Å². The third kappa shape index (κ3) is 4.03. The molecular weight excluding hydrogens is 343 g/mol. The Kier molecular flexibility index (Phi) is 4.54. The van der Waals surface area contributed by atoms with Crippen LogP contribution in [-0.2, 0) is 16.6 Å². The lowest BCUT2D eigenvalue weighted by Crippen LogP contribution is -2.14. The number of aryl methyl sites for hydroxylation is 2. The molecule has 0 bridgehead atoms. The van der Waals surface area contributed by atoms with Crippen LogP contribution in [0.25, 0.3) is 0 Å². The number of nitrogens with one attached hydrogen (secondary N) is 1. The molecule has 0 amide bonds. The minimum atomic E-state index is -3.76. The Morgan fingerprint density at radius 2 is 1.80 bits per heavy atom.